The zero-order valence-corrected chi connectivity index (χ0v) is 11.8. The van der Waals surface area contributed by atoms with Crippen LogP contribution in [0.25, 0.3) is 0 Å². The van der Waals surface area contributed by atoms with Gasteiger partial charge in [-0.15, -0.1) is 0 Å². The number of hydrogen-bond donors (Lipinski definition) is 3. The van der Waals surface area contributed by atoms with E-state index in [-0.39, 0.29) is 11.9 Å². The number of halogens is 2. The molecule has 6 heteroatoms. The maximum atomic E-state index is 11.8. The quantitative estimate of drug-likeness (QED) is 0.787. The average Bonchev–Trinajstić information content (AvgIpc) is 2.81. The SMILES string of the molecule is O=C(NCCc1cccc(Cl)c1Cl)[C@H]1C[C@H](O)CN1. The average molecular weight is 303 g/mol. The molecule has 3 N–H and O–H groups in total. The van der Waals surface area contributed by atoms with Crippen molar-refractivity contribution in [1.82, 2.24) is 10.6 Å². The number of aliphatic hydroxyl groups excluding tert-OH is 1. The standard InChI is InChI=1S/C13H16Cl2N2O2/c14-10-3-1-2-8(12(10)15)4-5-16-13(19)11-6-9(18)7-17-11/h1-3,9,11,17-18H,4-7H2,(H,16,19)/t9-,11+/m0/s1. The van der Waals surface area contributed by atoms with Gasteiger partial charge in [-0.2, -0.15) is 0 Å². The number of carbonyl (C=O) groups excluding carboxylic acids is 1. The maximum Gasteiger partial charge on any atom is 0.237 e. The molecule has 0 aliphatic carbocycles. The minimum atomic E-state index is -0.432. The molecule has 0 bridgehead atoms. The van der Waals surface area contributed by atoms with Crippen LogP contribution in [-0.4, -0.2) is 36.2 Å². The number of nitrogens with one attached hydrogen (secondary N) is 2. The predicted molar refractivity (Wildman–Crippen MR) is 75.6 cm³/mol. The number of aliphatic hydroxyl groups is 1. The fourth-order valence-corrected chi connectivity index (χ4v) is 2.52. The zero-order valence-electron chi connectivity index (χ0n) is 10.3. The van der Waals surface area contributed by atoms with Crippen LogP contribution in [0.15, 0.2) is 18.2 Å². The first-order valence-corrected chi connectivity index (χ1v) is 6.95. The summed E-state index contributed by atoms with van der Waals surface area (Å²) in [6.45, 7) is 0.964. The van der Waals surface area contributed by atoms with E-state index in [0.29, 0.717) is 36.0 Å². The highest BCUT2D eigenvalue weighted by atomic mass is 35.5. The Morgan fingerprint density at radius 2 is 2.26 bits per heavy atom. The summed E-state index contributed by atoms with van der Waals surface area (Å²) >= 11 is 12.0. The van der Waals surface area contributed by atoms with Gasteiger partial charge in [-0.3, -0.25) is 4.79 Å². The molecular formula is C13H16Cl2N2O2. The second-order valence-electron chi connectivity index (χ2n) is 4.60. The molecule has 4 nitrogen and oxygen atoms in total. The summed E-state index contributed by atoms with van der Waals surface area (Å²) in [7, 11) is 0. The summed E-state index contributed by atoms with van der Waals surface area (Å²) in [6, 6.07) is 5.15. The highest BCUT2D eigenvalue weighted by molar-refractivity contribution is 6.42. The maximum absolute atomic E-state index is 11.8. The van der Waals surface area contributed by atoms with Gasteiger partial charge in [-0.1, -0.05) is 35.3 Å². The van der Waals surface area contributed by atoms with E-state index in [1.54, 1.807) is 6.07 Å². The summed E-state index contributed by atoms with van der Waals surface area (Å²) in [5.74, 6) is -0.0882. The molecule has 1 aromatic carbocycles. The van der Waals surface area contributed by atoms with Crippen LogP contribution in [0.2, 0.25) is 10.0 Å². The van der Waals surface area contributed by atoms with Gasteiger partial charge in [0, 0.05) is 13.1 Å². The van der Waals surface area contributed by atoms with E-state index in [1.807, 2.05) is 12.1 Å². The van der Waals surface area contributed by atoms with Crippen molar-refractivity contribution in [3.8, 4) is 0 Å². The summed E-state index contributed by atoms with van der Waals surface area (Å²) < 4.78 is 0. The number of benzene rings is 1. The first-order valence-electron chi connectivity index (χ1n) is 6.20. The Kier molecular flexibility index (Phi) is 5.05. The molecule has 0 aromatic heterocycles. The van der Waals surface area contributed by atoms with Crippen molar-refractivity contribution >= 4 is 29.1 Å². The summed E-state index contributed by atoms with van der Waals surface area (Å²) in [5, 5.41) is 16.2. The third-order valence-corrected chi connectivity index (χ3v) is 4.01. The van der Waals surface area contributed by atoms with Crippen LogP contribution in [0.3, 0.4) is 0 Å². The van der Waals surface area contributed by atoms with Crippen molar-refractivity contribution < 1.29 is 9.90 Å². The predicted octanol–water partition coefficient (Wildman–Crippen LogP) is 1.37. The minimum Gasteiger partial charge on any atom is -0.392 e. The third kappa shape index (κ3) is 3.83. The fraction of sp³-hybridized carbons (Fsp3) is 0.462. The second-order valence-corrected chi connectivity index (χ2v) is 5.39. The van der Waals surface area contributed by atoms with Gasteiger partial charge in [-0.25, -0.2) is 0 Å². The van der Waals surface area contributed by atoms with E-state index < -0.39 is 6.10 Å². The molecule has 104 valence electrons. The Morgan fingerprint density at radius 3 is 2.95 bits per heavy atom. The number of amides is 1. The lowest BCUT2D eigenvalue weighted by molar-refractivity contribution is -0.122. The first-order chi connectivity index (χ1) is 9.08. The summed E-state index contributed by atoms with van der Waals surface area (Å²) in [6.07, 6.45) is 0.655. The van der Waals surface area contributed by atoms with E-state index in [9.17, 15) is 9.90 Å². The Balaban J connectivity index is 1.80. The largest absolute Gasteiger partial charge is 0.392 e. The van der Waals surface area contributed by atoms with Crippen molar-refractivity contribution in [1.29, 1.82) is 0 Å². The molecule has 0 saturated carbocycles. The lowest BCUT2D eigenvalue weighted by Crippen LogP contribution is -2.41. The molecule has 1 aromatic rings. The molecule has 0 spiro atoms. The van der Waals surface area contributed by atoms with Gasteiger partial charge in [0.2, 0.25) is 5.91 Å². The van der Waals surface area contributed by atoms with Gasteiger partial charge in [-0.05, 0) is 24.5 Å². The van der Waals surface area contributed by atoms with E-state index in [0.717, 1.165) is 5.56 Å². The number of carbonyl (C=O) groups is 1. The van der Waals surface area contributed by atoms with Gasteiger partial charge in [0.1, 0.15) is 0 Å². The van der Waals surface area contributed by atoms with E-state index in [4.69, 9.17) is 23.2 Å². The molecule has 1 aliphatic rings. The molecule has 1 aliphatic heterocycles. The molecule has 19 heavy (non-hydrogen) atoms. The molecule has 2 atom stereocenters. The van der Waals surface area contributed by atoms with Gasteiger partial charge in [0.25, 0.3) is 0 Å². The number of hydrogen-bond acceptors (Lipinski definition) is 3. The van der Waals surface area contributed by atoms with E-state index >= 15 is 0 Å². The highest BCUT2D eigenvalue weighted by Crippen LogP contribution is 2.25. The van der Waals surface area contributed by atoms with Gasteiger partial charge < -0.3 is 15.7 Å². The van der Waals surface area contributed by atoms with Crippen LogP contribution in [0.4, 0.5) is 0 Å². The van der Waals surface area contributed by atoms with Crippen LogP contribution in [-0.2, 0) is 11.2 Å². The van der Waals surface area contributed by atoms with Crippen LogP contribution in [0, 0.1) is 0 Å². The Bertz CT molecular complexity index is 468. The van der Waals surface area contributed by atoms with Gasteiger partial charge >= 0.3 is 0 Å². The number of rotatable bonds is 4. The first kappa shape index (κ1) is 14.6. The smallest absolute Gasteiger partial charge is 0.237 e. The van der Waals surface area contributed by atoms with Crippen molar-refractivity contribution in [2.45, 2.75) is 25.0 Å². The van der Waals surface area contributed by atoms with E-state index in [1.165, 1.54) is 0 Å². The third-order valence-electron chi connectivity index (χ3n) is 3.15. The molecule has 1 fully saturated rings. The number of β-amino-alcohol motifs (C(OH)–C–C–N with tert-alkyl or cyclic N) is 1. The summed E-state index contributed by atoms with van der Waals surface area (Å²) in [5.41, 5.74) is 0.911. The monoisotopic (exact) mass is 302 g/mol. The van der Waals surface area contributed by atoms with E-state index in [2.05, 4.69) is 10.6 Å². The zero-order chi connectivity index (χ0) is 13.8. The van der Waals surface area contributed by atoms with Crippen LogP contribution in [0.5, 0.6) is 0 Å². The lowest BCUT2D eigenvalue weighted by atomic mass is 10.1. The molecule has 0 unspecified atom stereocenters. The van der Waals surface area contributed by atoms with Crippen LogP contribution < -0.4 is 10.6 Å². The molecular weight excluding hydrogens is 287 g/mol. The molecule has 1 heterocycles. The van der Waals surface area contributed by atoms with Crippen molar-refractivity contribution in [2.24, 2.45) is 0 Å². The van der Waals surface area contributed by atoms with Crippen molar-refractivity contribution in [3.05, 3.63) is 33.8 Å². The Morgan fingerprint density at radius 1 is 1.47 bits per heavy atom. The van der Waals surface area contributed by atoms with Crippen LogP contribution in [0.1, 0.15) is 12.0 Å². The van der Waals surface area contributed by atoms with Gasteiger partial charge in [0.05, 0.1) is 22.2 Å². The molecule has 0 radical (unpaired) electrons. The molecule has 2 rings (SSSR count). The van der Waals surface area contributed by atoms with Gasteiger partial charge in [0.15, 0.2) is 0 Å². The van der Waals surface area contributed by atoms with Crippen molar-refractivity contribution in [3.63, 3.8) is 0 Å². The lowest BCUT2D eigenvalue weighted by Gasteiger charge is -2.11. The Hall–Kier alpha value is -0.810. The van der Waals surface area contributed by atoms with Crippen molar-refractivity contribution in [2.75, 3.05) is 13.1 Å². The Labute approximate surface area is 122 Å². The topological polar surface area (TPSA) is 61.4 Å². The normalized spacial score (nSPS) is 22.5. The minimum absolute atomic E-state index is 0.0882. The second kappa shape index (κ2) is 6.57. The fourth-order valence-electron chi connectivity index (χ4n) is 2.10. The molecule has 1 saturated heterocycles. The molecule has 1 amide bonds. The highest BCUT2D eigenvalue weighted by Gasteiger charge is 2.27. The summed E-state index contributed by atoms with van der Waals surface area (Å²) in [4.78, 5) is 11.8. The van der Waals surface area contributed by atoms with Crippen LogP contribution >= 0.6 is 23.2 Å².